The average Bonchev–Trinajstić information content (AvgIpc) is 3.17. The van der Waals surface area contributed by atoms with Crippen LogP contribution in [0.4, 0.5) is 0 Å². The minimum absolute atomic E-state index is 0.196. The largest absolute Gasteiger partial charge is 0.459 e. The van der Waals surface area contributed by atoms with Crippen LogP contribution >= 0.6 is 11.6 Å². The maximum absolute atomic E-state index is 12.9. The SMILES string of the molecule is CN(Cc1ccc(-c2ccc(Cl)cc2)o1)C(=O)c1n[nH]c(=O)c2ccccc12. The summed E-state index contributed by atoms with van der Waals surface area (Å²) < 4.78 is 5.86. The highest BCUT2D eigenvalue weighted by atomic mass is 35.5. The molecule has 2 heterocycles. The van der Waals surface area contributed by atoms with Crippen molar-refractivity contribution in [3.8, 4) is 11.3 Å². The number of nitrogens with one attached hydrogen (secondary N) is 1. The van der Waals surface area contributed by atoms with E-state index < -0.39 is 0 Å². The van der Waals surface area contributed by atoms with E-state index in [0.717, 1.165) is 5.56 Å². The van der Waals surface area contributed by atoms with Crippen LogP contribution in [0.15, 0.2) is 69.9 Å². The van der Waals surface area contributed by atoms with Gasteiger partial charge >= 0.3 is 0 Å². The number of hydrogen-bond acceptors (Lipinski definition) is 4. The van der Waals surface area contributed by atoms with Gasteiger partial charge in [-0.15, -0.1) is 0 Å². The molecule has 7 heteroatoms. The summed E-state index contributed by atoms with van der Waals surface area (Å²) in [7, 11) is 1.66. The van der Waals surface area contributed by atoms with Crippen LogP contribution in [-0.4, -0.2) is 28.1 Å². The molecule has 0 saturated heterocycles. The third-order valence-corrected chi connectivity index (χ3v) is 4.68. The van der Waals surface area contributed by atoms with Crippen LogP contribution in [0.5, 0.6) is 0 Å². The molecule has 2 aromatic carbocycles. The number of rotatable bonds is 4. The smallest absolute Gasteiger partial charge is 0.275 e. The highest BCUT2D eigenvalue weighted by Crippen LogP contribution is 2.24. The van der Waals surface area contributed by atoms with E-state index in [-0.39, 0.29) is 23.7 Å². The van der Waals surface area contributed by atoms with Gasteiger partial charge in [0.2, 0.25) is 0 Å². The molecule has 4 rings (SSSR count). The van der Waals surface area contributed by atoms with Gasteiger partial charge in [0.15, 0.2) is 5.69 Å². The van der Waals surface area contributed by atoms with Gasteiger partial charge in [0, 0.05) is 23.0 Å². The number of H-pyrrole nitrogens is 1. The van der Waals surface area contributed by atoms with E-state index in [1.54, 1.807) is 43.4 Å². The first kappa shape index (κ1) is 18.0. The number of carbonyl (C=O) groups is 1. The van der Waals surface area contributed by atoms with Crippen molar-refractivity contribution in [2.45, 2.75) is 6.54 Å². The number of aromatic nitrogens is 2. The molecule has 0 aliphatic rings. The van der Waals surface area contributed by atoms with Crippen molar-refractivity contribution in [2.24, 2.45) is 0 Å². The van der Waals surface area contributed by atoms with Gasteiger partial charge in [-0.3, -0.25) is 9.59 Å². The van der Waals surface area contributed by atoms with E-state index in [1.165, 1.54) is 4.90 Å². The molecule has 0 unspecified atom stereocenters. The number of hydrogen-bond donors (Lipinski definition) is 1. The molecule has 0 saturated carbocycles. The summed E-state index contributed by atoms with van der Waals surface area (Å²) >= 11 is 5.91. The Hall–Kier alpha value is -3.38. The lowest BCUT2D eigenvalue weighted by atomic mass is 10.1. The molecule has 6 nitrogen and oxygen atoms in total. The van der Waals surface area contributed by atoms with Crippen LogP contribution in [0.3, 0.4) is 0 Å². The Morgan fingerprint density at radius 2 is 1.79 bits per heavy atom. The van der Waals surface area contributed by atoms with Crippen LogP contribution in [0.25, 0.3) is 22.1 Å². The van der Waals surface area contributed by atoms with Crippen molar-refractivity contribution in [3.05, 3.63) is 87.5 Å². The monoisotopic (exact) mass is 393 g/mol. The quantitative estimate of drug-likeness (QED) is 0.566. The summed E-state index contributed by atoms with van der Waals surface area (Å²) in [5.74, 6) is 1.02. The van der Waals surface area contributed by atoms with Gasteiger partial charge in [0.05, 0.1) is 11.9 Å². The van der Waals surface area contributed by atoms with E-state index in [9.17, 15) is 9.59 Å². The molecule has 4 aromatic rings. The van der Waals surface area contributed by atoms with Gasteiger partial charge in [-0.05, 0) is 42.5 Å². The lowest BCUT2D eigenvalue weighted by molar-refractivity contribution is 0.0771. The predicted octanol–water partition coefficient (Wildman–Crippen LogP) is 4.11. The lowest BCUT2D eigenvalue weighted by Gasteiger charge is -2.16. The maximum Gasteiger partial charge on any atom is 0.275 e. The average molecular weight is 394 g/mol. The van der Waals surface area contributed by atoms with E-state index in [4.69, 9.17) is 16.0 Å². The van der Waals surface area contributed by atoms with Gasteiger partial charge in [-0.25, -0.2) is 5.10 Å². The fourth-order valence-electron chi connectivity index (χ4n) is 3.00. The van der Waals surface area contributed by atoms with Crippen molar-refractivity contribution in [3.63, 3.8) is 0 Å². The van der Waals surface area contributed by atoms with Crippen LogP contribution in [0, 0.1) is 0 Å². The topological polar surface area (TPSA) is 79.2 Å². The molecular weight excluding hydrogens is 378 g/mol. The second-order valence-electron chi connectivity index (χ2n) is 6.38. The van der Waals surface area contributed by atoms with Crippen molar-refractivity contribution in [2.75, 3.05) is 7.05 Å². The highest BCUT2D eigenvalue weighted by Gasteiger charge is 2.19. The zero-order valence-corrected chi connectivity index (χ0v) is 15.7. The van der Waals surface area contributed by atoms with Crippen LogP contribution in [0.1, 0.15) is 16.2 Å². The Morgan fingerprint density at radius 3 is 2.54 bits per heavy atom. The Balaban J connectivity index is 1.57. The Kier molecular flexibility index (Phi) is 4.71. The summed E-state index contributed by atoms with van der Waals surface area (Å²) in [6.07, 6.45) is 0. The van der Waals surface area contributed by atoms with E-state index in [2.05, 4.69) is 10.2 Å². The molecule has 1 N–H and O–H groups in total. The first-order chi connectivity index (χ1) is 13.5. The second-order valence-corrected chi connectivity index (χ2v) is 6.82. The van der Waals surface area contributed by atoms with Gasteiger partial charge in [-0.1, -0.05) is 29.8 Å². The third kappa shape index (κ3) is 3.42. The van der Waals surface area contributed by atoms with E-state index in [0.29, 0.717) is 27.3 Å². The zero-order valence-electron chi connectivity index (χ0n) is 15.0. The molecule has 2 aromatic heterocycles. The first-order valence-electron chi connectivity index (χ1n) is 8.60. The number of nitrogens with zero attached hydrogens (tertiary/aromatic N) is 2. The lowest BCUT2D eigenvalue weighted by Crippen LogP contribution is -2.28. The van der Waals surface area contributed by atoms with Gasteiger partial charge < -0.3 is 9.32 Å². The van der Waals surface area contributed by atoms with Crippen molar-refractivity contribution in [1.29, 1.82) is 0 Å². The molecule has 0 spiro atoms. The molecule has 0 fully saturated rings. The second kappa shape index (κ2) is 7.32. The number of benzene rings is 2. The molecule has 0 aliphatic carbocycles. The fraction of sp³-hybridized carbons (Fsp3) is 0.0952. The molecular formula is C21H16ClN3O3. The van der Waals surface area contributed by atoms with Crippen molar-refractivity contribution >= 4 is 28.3 Å². The number of halogens is 1. The molecule has 28 heavy (non-hydrogen) atoms. The molecule has 0 bridgehead atoms. The van der Waals surface area contributed by atoms with Crippen LogP contribution in [0.2, 0.25) is 5.02 Å². The van der Waals surface area contributed by atoms with E-state index in [1.807, 2.05) is 24.3 Å². The standard InChI is InChI=1S/C21H16ClN3O3/c1-25(12-15-10-11-18(28-15)13-6-8-14(22)9-7-13)21(27)19-16-4-2-3-5-17(16)20(26)24-23-19/h2-11H,12H2,1H3,(H,24,26). The van der Waals surface area contributed by atoms with Crippen molar-refractivity contribution < 1.29 is 9.21 Å². The number of furan rings is 1. The van der Waals surface area contributed by atoms with Crippen molar-refractivity contribution in [1.82, 2.24) is 15.1 Å². The summed E-state index contributed by atoms with van der Waals surface area (Å²) in [6, 6.07) is 17.9. The molecule has 1 amide bonds. The zero-order chi connectivity index (χ0) is 19.7. The fourth-order valence-corrected chi connectivity index (χ4v) is 3.12. The molecule has 0 aliphatic heterocycles. The highest BCUT2D eigenvalue weighted by molar-refractivity contribution is 6.30. The molecule has 0 radical (unpaired) electrons. The van der Waals surface area contributed by atoms with Gasteiger partial charge in [-0.2, -0.15) is 5.10 Å². The summed E-state index contributed by atoms with van der Waals surface area (Å²) in [5, 5.41) is 7.94. The minimum atomic E-state index is -0.326. The number of fused-ring (bicyclic) bond motifs is 1. The third-order valence-electron chi connectivity index (χ3n) is 4.43. The number of aromatic amines is 1. The van der Waals surface area contributed by atoms with Crippen LogP contribution in [-0.2, 0) is 6.54 Å². The Labute approximate surface area is 165 Å². The first-order valence-corrected chi connectivity index (χ1v) is 8.98. The Bertz CT molecular complexity index is 1210. The summed E-state index contributed by atoms with van der Waals surface area (Å²) in [5.41, 5.74) is 0.772. The minimum Gasteiger partial charge on any atom is -0.459 e. The number of amides is 1. The number of carbonyl (C=O) groups excluding carboxylic acids is 1. The normalized spacial score (nSPS) is 10.9. The Morgan fingerprint density at radius 1 is 1.07 bits per heavy atom. The van der Waals surface area contributed by atoms with Crippen LogP contribution < -0.4 is 5.56 Å². The predicted molar refractivity (Wildman–Crippen MR) is 107 cm³/mol. The van der Waals surface area contributed by atoms with Gasteiger partial charge in [0.1, 0.15) is 11.5 Å². The molecule has 140 valence electrons. The van der Waals surface area contributed by atoms with Gasteiger partial charge in [0.25, 0.3) is 11.5 Å². The van der Waals surface area contributed by atoms with E-state index >= 15 is 0 Å². The summed E-state index contributed by atoms with van der Waals surface area (Å²) in [4.78, 5) is 26.3. The molecule has 0 atom stereocenters. The maximum atomic E-state index is 12.9. The summed E-state index contributed by atoms with van der Waals surface area (Å²) in [6.45, 7) is 0.265.